The molecule has 1 saturated heterocycles. The van der Waals surface area contributed by atoms with Gasteiger partial charge >= 0.3 is 0 Å². The average Bonchev–Trinajstić information content (AvgIpc) is 3.31. The number of rotatable bonds is 5. The summed E-state index contributed by atoms with van der Waals surface area (Å²) in [5.41, 5.74) is 9.99. The molecule has 1 aromatic heterocycles. The van der Waals surface area contributed by atoms with Crippen molar-refractivity contribution in [2.24, 2.45) is 5.73 Å². The second-order valence-electron chi connectivity index (χ2n) is 8.64. The van der Waals surface area contributed by atoms with Crippen molar-refractivity contribution >= 4 is 17.7 Å². The fourth-order valence-electron chi connectivity index (χ4n) is 3.75. The Morgan fingerprint density at radius 1 is 1.15 bits per heavy atom. The van der Waals surface area contributed by atoms with Gasteiger partial charge in [-0.1, -0.05) is 24.3 Å². The number of hydrogen-bond acceptors (Lipinski definition) is 5. The Morgan fingerprint density at radius 3 is 2.42 bits per heavy atom. The van der Waals surface area contributed by atoms with Gasteiger partial charge in [0, 0.05) is 24.2 Å². The monoisotopic (exact) mass is 438 g/mol. The first kappa shape index (κ1) is 22.2. The van der Waals surface area contributed by atoms with Crippen molar-refractivity contribution in [2.75, 3.05) is 13.1 Å². The number of likely N-dealkylation sites (tertiary alicyclic amines) is 1. The number of nitrogens with zero attached hydrogens (tertiary/aromatic N) is 3. The lowest BCUT2D eigenvalue weighted by Crippen LogP contribution is -2.49. The van der Waals surface area contributed by atoms with E-state index in [9.17, 15) is 4.79 Å². The number of nitrogens with one attached hydrogen (secondary N) is 2. The zero-order valence-electron chi connectivity index (χ0n) is 18.5. The van der Waals surface area contributed by atoms with Gasteiger partial charge in [-0.05, 0) is 67.3 Å². The third kappa shape index (κ3) is 5.25. The second kappa shape index (κ2) is 9.23. The molecule has 1 aliphatic heterocycles. The van der Waals surface area contributed by atoms with Crippen molar-refractivity contribution in [3.05, 3.63) is 83.3 Å². The first-order valence-electron chi connectivity index (χ1n) is 10.9. The van der Waals surface area contributed by atoms with Crippen LogP contribution < -0.4 is 5.73 Å². The molecule has 0 atom stereocenters. The number of carbonyl (C=O) groups is 1. The Hall–Kier alpha value is -4.02. The van der Waals surface area contributed by atoms with E-state index in [1.54, 1.807) is 54.7 Å². The van der Waals surface area contributed by atoms with E-state index in [0.717, 1.165) is 29.7 Å². The molecule has 0 radical (unpaired) electrons. The van der Waals surface area contributed by atoms with E-state index >= 15 is 0 Å². The van der Waals surface area contributed by atoms with Gasteiger partial charge in [0.2, 0.25) is 0 Å². The minimum Gasteiger partial charge on any atom is -0.339 e. The van der Waals surface area contributed by atoms with Gasteiger partial charge in [-0.3, -0.25) is 4.79 Å². The van der Waals surface area contributed by atoms with Gasteiger partial charge in [0.25, 0.3) is 5.91 Å². The molecule has 4 N–H and O–H groups in total. The van der Waals surface area contributed by atoms with E-state index in [-0.39, 0.29) is 11.4 Å². The highest BCUT2D eigenvalue weighted by Crippen LogP contribution is 2.21. The SMILES string of the molecule is CC1(N)CCN(C(=O)c2ccc(C(=N)/C=C\c3ncc(-c4ccc(C#N)cc4)[nH]3)cc2)CC1. The largest absolute Gasteiger partial charge is 0.339 e. The van der Waals surface area contributed by atoms with Gasteiger partial charge in [-0.25, -0.2) is 4.98 Å². The highest BCUT2D eigenvalue weighted by molar-refractivity contribution is 6.09. The summed E-state index contributed by atoms with van der Waals surface area (Å²) >= 11 is 0. The Kier molecular flexibility index (Phi) is 6.20. The molecule has 166 valence electrons. The number of amides is 1. The molecule has 3 aromatic rings. The van der Waals surface area contributed by atoms with Crippen LogP contribution in [0, 0.1) is 16.7 Å². The van der Waals surface area contributed by atoms with Crippen LogP contribution in [0.3, 0.4) is 0 Å². The highest BCUT2D eigenvalue weighted by atomic mass is 16.2. The molecule has 4 rings (SSSR count). The van der Waals surface area contributed by atoms with Crippen molar-refractivity contribution < 1.29 is 4.79 Å². The predicted molar refractivity (Wildman–Crippen MR) is 129 cm³/mol. The van der Waals surface area contributed by atoms with E-state index < -0.39 is 0 Å². The number of carbonyl (C=O) groups excluding carboxylic acids is 1. The van der Waals surface area contributed by atoms with Crippen LogP contribution in [0.4, 0.5) is 0 Å². The van der Waals surface area contributed by atoms with Crippen molar-refractivity contribution in [3.8, 4) is 17.3 Å². The average molecular weight is 439 g/mol. The van der Waals surface area contributed by atoms with Crippen LogP contribution in [0.25, 0.3) is 17.3 Å². The molecule has 1 aliphatic rings. The normalized spacial score (nSPS) is 15.4. The Balaban J connectivity index is 1.38. The van der Waals surface area contributed by atoms with Crippen molar-refractivity contribution in [3.63, 3.8) is 0 Å². The third-order valence-electron chi connectivity index (χ3n) is 5.96. The van der Waals surface area contributed by atoms with Gasteiger partial charge < -0.3 is 21.0 Å². The number of nitrogens with two attached hydrogens (primary N) is 1. The number of allylic oxidation sites excluding steroid dienone is 1. The topological polar surface area (TPSA) is 123 Å². The maximum absolute atomic E-state index is 12.7. The molecule has 0 spiro atoms. The zero-order chi connectivity index (χ0) is 23.4. The smallest absolute Gasteiger partial charge is 0.253 e. The quantitative estimate of drug-likeness (QED) is 0.521. The number of imidazole rings is 1. The van der Waals surface area contributed by atoms with Gasteiger partial charge in [0.05, 0.1) is 29.2 Å². The third-order valence-corrected chi connectivity index (χ3v) is 5.96. The van der Waals surface area contributed by atoms with Gasteiger partial charge in [-0.15, -0.1) is 0 Å². The van der Waals surface area contributed by atoms with E-state index in [1.165, 1.54) is 0 Å². The Labute approximate surface area is 193 Å². The van der Waals surface area contributed by atoms with Crippen LogP contribution >= 0.6 is 0 Å². The number of piperidine rings is 1. The first-order valence-corrected chi connectivity index (χ1v) is 10.9. The van der Waals surface area contributed by atoms with Crippen LogP contribution in [0.5, 0.6) is 0 Å². The summed E-state index contributed by atoms with van der Waals surface area (Å²) in [7, 11) is 0. The minimum atomic E-state index is -0.196. The van der Waals surface area contributed by atoms with Crippen LogP contribution in [-0.2, 0) is 0 Å². The molecular formula is C26H26N6O. The molecule has 0 bridgehead atoms. The van der Waals surface area contributed by atoms with E-state index in [0.29, 0.717) is 35.8 Å². The lowest BCUT2D eigenvalue weighted by molar-refractivity contribution is 0.0681. The molecule has 2 heterocycles. The van der Waals surface area contributed by atoms with Gasteiger partial charge in [0.15, 0.2) is 0 Å². The van der Waals surface area contributed by atoms with Crippen LogP contribution in [0.15, 0.2) is 60.8 Å². The summed E-state index contributed by atoms with van der Waals surface area (Å²) in [5, 5.41) is 17.3. The second-order valence-corrected chi connectivity index (χ2v) is 8.64. The van der Waals surface area contributed by atoms with Crippen molar-refractivity contribution in [1.29, 1.82) is 10.7 Å². The molecule has 1 amide bonds. The molecule has 7 nitrogen and oxygen atoms in total. The summed E-state index contributed by atoms with van der Waals surface area (Å²) in [6, 6.07) is 16.5. The summed E-state index contributed by atoms with van der Waals surface area (Å²) in [5.74, 6) is 0.632. The Bertz CT molecular complexity index is 1220. The first-order chi connectivity index (χ1) is 15.8. The number of aromatic nitrogens is 2. The fourth-order valence-corrected chi connectivity index (χ4v) is 3.75. The van der Waals surface area contributed by atoms with Crippen LogP contribution in [0.1, 0.15) is 47.1 Å². The maximum atomic E-state index is 12.7. The predicted octanol–water partition coefficient (Wildman–Crippen LogP) is 3.98. The highest BCUT2D eigenvalue weighted by Gasteiger charge is 2.28. The standard InChI is InChI=1S/C26H26N6O/c1-26(29)12-14-32(15-13-26)25(33)21-8-6-19(7-9-21)22(28)10-11-24-30-17-23(31-24)20-4-2-18(16-27)3-5-20/h2-11,17,28H,12-15,29H2,1H3,(H,30,31)/b11-10-,28-22?. The molecular weight excluding hydrogens is 412 g/mol. The Morgan fingerprint density at radius 2 is 1.79 bits per heavy atom. The summed E-state index contributed by atoms with van der Waals surface area (Å²) in [6.45, 7) is 3.36. The van der Waals surface area contributed by atoms with Gasteiger partial charge in [0.1, 0.15) is 5.82 Å². The summed E-state index contributed by atoms with van der Waals surface area (Å²) in [4.78, 5) is 22.1. The number of aromatic amines is 1. The molecule has 1 fully saturated rings. The minimum absolute atomic E-state index is 0.00467. The number of hydrogen-bond donors (Lipinski definition) is 3. The molecule has 0 saturated carbocycles. The lowest BCUT2D eigenvalue weighted by atomic mass is 9.90. The van der Waals surface area contributed by atoms with E-state index in [2.05, 4.69) is 16.0 Å². The molecule has 0 unspecified atom stereocenters. The number of benzene rings is 2. The van der Waals surface area contributed by atoms with E-state index in [4.69, 9.17) is 16.4 Å². The summed E-state index contributed by atoms with van der Waals surface area (Å²) in [6.07, 6.45) is 6.73. The van der Waals surface area contributed by atoms with Crippen molar-refractivity contribution in [1.82, 2.24) is 14.9 Å². The zero-order valence-corrected chi connectivity index (χ0v) is 18.5. The number of H-pyrrole nitrogens is 1. The maximum Gasteiger partial charge on any atom is 0.253 e. The van der Waals surface area contributed by atoms with Crippen LogP contribution in [0.2, 0.25) is 0 Å². The van der Waals surface area contributed by atoms with Gasteiger partial charge in [-0.2, -0.15) is 5.26 Å². The number of nitriles is 1. The van der Waals surface area contributed by atoms with Crippen molar-refractivity contribution in [2.45, 2.75) is 25.3 Å². The summed E-state index contributed by atoms with van der Waals surface area (Å²) < 4.78 is 0. The van der Waals surface area contributed by atoms with E-state index in [1.807, 2.05) is 24.0 Å². The molecule has 2 aromatic carbocycles. The molecule has 0 aliphatic carbocycles. The lowest BCUT2D eigenvalue weighted by Gasteiger charge is -2.36. The molecule has 33 heavy (non-hydrogen) atoms. The molecule has 7 heteroatoms. The van der Waals surface area contributed by atoms with Crippen LogP contribution in [-0.4, -0.2) is 45.1 Å². The fraction of sp³-hybridized carbons (Fsp3) is 0.231.